The Balaban J connectivity index is 1.24. The second-order valence-electron chi connectivity index (χ2n) is 14.0. The van der Waals surface area contributed by atoms with Crippen molar-refractivity contribution in [2.24, 2.45) is 0 Å². The number of fused-ring (bicyclic) bond motifs is 10. The monoisotopic (exact) mass is 751 g/mol. The molecule has 8 aromatic carbocycles. The van der Waals surface area contributed by atoms with Crippen molar-refractivity contribution in [3.63, 3.8) is 0 Å². The van der Waals surface area contributed by atoms with Crippen LogP contribution in [0.5, 0.6) is 0 Å². The topological polar surface area (TPSA) is 56.7 Å². The predicted molar refractivity (Wildman–Crippen MR) is 236 cm³/mol. The molecule has 0 bridgehead atoms. The second-order valence-corrected chi connectivity index (χ2v) is 15.0. The highest BCUT2D eigenvalue weighted by Crippen LogP contribution is 2.47. The summed E-state index contributed by atoms with van der Waals surface area (Å²) in [7, 11) is 0. The van der Waals surface area contributed by atoms with E-state index >= 15 is 0 Å². The molecule has 0 unspecified atom stereocenters. The average Bonchev–Trinajstić information content (AvgIpc) is 4.01. The van der Waals surface area contributed by atoms with Crippen molar-refractivity contribution >= 4 is 75.3 Å². The number of rotatable bonds is 5. The van der Waals surface area contributed by atoms with E-state index in [9.17, 15) is 0 Å². The zero-order chi connectivity index (χ0) is 41.8. The molecule has 266 valence electrons. The van der Waals surface area contributed by atoms with Gasteiger partial charge in [-0.2, -0.15) is 0 Å². The van der Waals surface area contributed by atoms with E-state index in [2.05, 4.69) is 53.1 Å². The predicted octanol–water partition coefficient (Wildman–Crippen LogP) is 13.9. The molecule has 0 N–H and O–H groups in total. The van der Waals surface area contributed by atoms with Crippen LogP contribution in [0.3, 0.4) is 0 Å². The summed E-state index contributed by atoms with van der Waals surface area (Å²) in [4.78, 5) is 15.4. The summed E-state index contributed by atoms with van der Waals surface area (Å²) in [5, 5.41) is 5.94. The molecule has 57 heavy (non-hydrogen) atoms. The van der Waals surface area contributed by atoms with E-state index in [1.54, 1.807) is 0 Å². The van der Waals surface area contributed by atoms with E-state index in [1.165, 1.54) is 11.3 Å². The van der Waals surface area contributed by atoms with Gasteiger partial charge in [0.15, 0.2) is 23.1 Å². The largest absolute Gasteiger partial charge is 0.454 e. The highest BCUT2D eigenvalue weighted by molar-refractivity contribution is 7.26. The molecule has 0 fully saturated rings. The Labute approximate surface area is 337 Å². The molecule has 0 saturated heterocycles. The Hall–Kier alpha value is -7.41. The van der Waals surface area contributed by atoms with Gasteiger partial charge in [0, 0.05) is 64.1 Å². The molecule has 0 aliphatic rings. The van der Waals surface area contributed by atoms with Gasteiger partial charge in [-0.1, -0.05) is 152 Å². The number of aromatic nitrogens is 4. The van der Waals surface area contributed by atoms with Crippen molar-refractivity contribution in [1.29, 1.82) is 0 Å². The van der Waals surface area contributed by atoms with Gasteiger partial charge in [0.05, 0.1) is 17.9 Å². The van der Waals surface area contributed by atoms with Gasteiger partial charge < -0.3 is 8.98 Å². The summed E-state index contributed by atoms with van der Waals surface area (Å²) < 4.78 is 53.9. The molecule has 5 nitrogen and oxygen atoms in total. The molecule has 12 rings (SSSR count). The number of nitrogens with zero attached hydrogens (tertiary/aromatic N) is 4. The van der Waals surface area contributed by atoms with Crippen LogP contribution in [0.2, 0.25) is 0 Å². The van der Waals surface area contributed by atoms with Crippen molar-refractivity contribution in [2.45, 2.75) is 0 Å². The standard InChI is InChI=1S/C51H30N4OS/c1-4-15-31(16-5-1)35-23-14-24-40-41-29-34(55-43-25-12-10-21-36(43)38-27-28-39-37-22-11-13-26-44(37)56-46(39)45(38)55)30-42(48(41)57-47(35)40)51-53-49(32-17-6-2-7-18-32)52-50(54-51)33-19-8-3-9-20-33/h1-30H/i1D,4D,5D,15D,16D. The van der Waals surface area contributed by atoms with Gasteiger partial charge in [0.25, 0.3) is 0 Å². The van der Waals surface area contributed by atoms with Gasteiger partial charge in [-0.15, -0.1) is 11.3 Å². The number of furan rings is 1. The number of hydrogen-bond acceptors (Lipinski definition) is 5. The maximum atomic E-state index is 8.95. The second kappa shape index (κ2) is 12.6. The molecule has 6 heteroatoms. The maximum absolute atomic E-state index is 8.95. The third-order valence-corrected chi connectivity index (χ3v) is 12.0. The van der Waals surface area contributed by atoms with Crippen LogP contribution in [0, 0.1) is 0 Å². The Bertz CT molecular complexity index is 3740. The maximum Gasteiger partial charge on any atom is 0.165 e. The van der Waals surface area contributed by atoms with Gasteiger partial charge in [0.2, 0.25) is 0 Å². The normalized spacial score (nSPS) is 13.1. The lowest BCUT2D eigenvalue weighted by molar-refractivity contribution is 0.671. The van der Waals surface area contributed by atoms with Crippen molar-refractivity contribution in [1.82, 2.24) is 19.5 Å². The SMILES string of the molecule is [2H]c1c([2H])c([2H])c(-c2cccc3c2sc2c(-c4nc(-c5ccccc5)nc(-c5ccccc5)n4)cc(-n4c5ccccc5c5ccc6c7ccccc7oc6c54)cc23)c([2H])c1[2H]. The molecule has 0 saturated carbocycles. The first kappa shape index (κ1) is 27.2. The third-order valence-electron chi connectivity index (χ3n) is 10.7. The van der Waals surface area contributed by atoms with Crippen LogP contribution in [-0.2, 0) is 0 Å². The van der Waals surface area contributed by atoms with E-state index in [0.717, 1.165) is 86.3 Å². The fourth-order valence-electron chi connectivity index (χ4n) is 8.19. The number of thiophene rings is 1. The van der Waals surface area contributed by atoms with E-state index in [-0.39, 0.29) is 29.7 Å². The molecule has 12 aromatic rings. The van der Waals surface area contributed by atoms with Crippen LogP contribution in [0.25, 0.3) is 115 Å². The number of benzene rings is 8. The quantitative estimate of drug-likeness (QED) is 0.176. The lowest BCUT2D eigenvalue weighted by Crippen LogP contribution is -2.01. The molecule has 4 heterocycles. The summed E-state index contributed by atoms with van der Waals surface area (Å²) in [5.41, 5.74) is 7.50. The Kier molecular flexibility index (Phi) is 6.00. The molecular weight excluding hydrogens is 717 g/mol. The Morgan fingerprint density at radius 3 is 1.88 bits per heavy atom. The first-order valence-electron chi connectivity index (χ1n) is 21.1. The zero-order valence-electron chi connectivity index (χ0n) is 35.0. The van der Waals surface area contributed by atoms with Crippen molar-refractivity contribution in [3.8, 4) is 51.0 Å². The average molecular weight is 752 g/mol. The van der Waals surface area contributed by atoms with Crippen LogP contribution in [0.4, 0.5) is 0 Å². The summed E-state index contributed by atoms with van der Waals surface area (Å²) in [6, 6.07) is 48.9. The van der Waals surface area contributed by atoms with Crippen LogP contribution in [-0.4, -0.2) is 19.5 Å². The summed E-state index contributed by atoms with van der Waals surface area (Å²) in [6.07, 6.45) is 0. The van der Waals surface area contributed by atoms with E-state index in [1.807, 2.05) is 103 Å². The summed E-state index contributed by atoms with van der Waals surface area (Å²) in [5.74, 6) is 1.51. The molecule has 0 spiro atoms. The zero-order valence-corrected chi connectivity index (χ0v) is 30.9. The summed E-state index contributed by atoms with van der Waals surface area (Å²) in [6.45, 7) is 0. The Morgan fingerprint density at radius 1 is 0.474 bits per heavy atom. The minimum Gasteiger partial charge on any atom is -0.454 e. The van der Waals surface area contributed by atoms with E-state index < -0.39 is 6.04 Å². The summed E-state index contributed by atoms with van der Waals surface area (Å²) >= 11 is 1.50. The van der Waals surface area contributed by atoms with Crippen LogP contribution >= 0.6 is 11.3 Å². The highest BCUT2D eigenvalue weighted by Gasteiger charge is 2.23. The minimum atomic E-state index is -0.429. The van der Waals surface area contributed by atoms with Crippen molar-refractivity contribution in [2.75, 3.05) is 0 Å². The first-order valence-corrected chi connectivity index (χ1v) is 19.4. The minimum absolute atomic E-state index is 0.155. The van der Waals surface area contributed by atoms with Crippen LogP contribution < -0.4 is 0 Å². The number of hydrogen-bond donors (Lipinski definition) is 0. The van der Waals surface area contributed by atoms with Gasteiger partial charge in [-0.25, -0.2) is 15.0 Å². The van der Waals surface area contributed by atoms with Crippen LogP contribution in [0.1, 0.15) is 6.85 Å². The van der Waals surface area contributed by atoms with Gasteiger partial charge >= 0.3 is 0 Å². The Morgan fingerprint density at radius 2 is 1.11 bits per heavy atom. The van der Waals surface area contributed by atoms with Gasteiger partial charge in [-0.05, 0) is 41.5 Å². The first-order chi connectivity index (χ1) is 30.3. The lowest BCUT2D eigenvalue weighted by atomic mass is 10.0. The van der Waals surface area contributed by atoms with Gasteiger partial charge in [0.1, 0.15) is 5.58 Å². The molecular formula is C51H30N4OS. The highest BCUT2D eigenvalue weighted by atomic mass is 32.1. The number of para-hydroxylation sites is 2. The molecule has 0 amide bonds. The lowest BCUT2D eigenvalue weighted by Gasteiger charge is -2.13. The van der Waals surface area contributed by atoms with Crippen LogP contribution in [0.15, 0.2) is 186 Å². The molecule has 4 aromatic heterocycles. The van der Waals surface area contributed by atoms with Gasteiger partial charge in [-0.3, -0.25) is 0 Å². The molecule has 0 radical (unpaired) electrons. The van der Waals surface area contributed by atoms with Crippen molar-refractivity contribution < 1.29 is 11.3 Å². The smallest absolute Gasteiger partial charge is 0.165 e. The fourth-order valence-corrected chi connectivity index (χ4v) is 9.50. The molecule has 0 aliphatic heterocycles. The van der Waals surface area contributed by atoms with Crippen molar-refractivity contribution in [3.05, 3.63) is 182 Å². The fraction of sp³-hybridized carbons (Fsp3) is 0. The van der Waals surface area contributed by atoms with E-state index in [4.69, 9.17) is 26.2 Å². The third kappa shape index (κ3) is 4.98. The molecule has 0 aliphatic carbocycles. The molecule has 0 atom stereocenters. The van der Waals surface area contributed by atoms with E-state index in [0.29, 0.717) is 23.0 Å².